The highest BCUT2D eigenvalue weighted by Gasteiger charge is 2.27. The molecule has 0 fully saturated rings. The number of aliphatic carboxylic acids is 1. The summed E-state index contributed by atoms with van der Waals surface area (Å²) < 4.78 is 10.7. The van der Waals surface area contributed by atoms with Crippen LogP contribution in [0.15, 0.2) is 12.1 Å². The third-order valence-electron chi connectivity index (χ3n) is 3.46. The van der Waals surface area contributed by atoms with Crippen LogP contribution in [0.1, 0.15) is 31.4 Å². The van der Waals surface area contributed by atoms with Crippen LogP contribution in [0.25, 0.3) is 0 Å². The summed E-state index contributed by atoms with van der Waals surface area (Å²) in [6, 6.07) is 3.82. The molecule has 1 aromatic carbocycles. The van der Waals surface area contributed by atoms with Crippen LogP contribution in [-0.2, 0) is 11.2 Å². The highest BCUT2D eigenvalue weighted by molar-refractivity contribution is 5.73. The molecule has 0 aliphatic rings. The first-order valence-corrected chi connectivity index (χ1v) is 6.27. The lowest BCUT2D eigenvalue weighted by Crippen LogP contribution is -2.24. The van der Waals surface area contributed by atoms with Crippen molar-refractivity contribution in [3.63, 3.8) is 0 Å². The maximum absolute atomic E-state index is 11.1. The quantitative estimate of drug-likeness (QED) is 0.859. The van der Waals surface area contributed by atoms with Crippen LogP contribution in [-0.4, -0.2) is 25.3 Å². The topological polar surface area (TPSA) is 55.8 Å². The molecular formula is C15H22O4. The van der Waals surface area contributed by atoms with E-state index in [2.05, 4.69) is 0 Å². The van der Waals surface area contributed by atoms with Gasteiger partial charge in [-0.25, -0.2) is 0 Å². The van der Waals surface area contributed by atoms with E-state index in [0.717, 1.165) is 22.6 Å². The Kier molecular flexibility index (Phi) is 4.81. The smallest absolute Gasteiger partial charge is 0.309 e. The maximum atomic E-state index is 11.1. The second-order valence-electron chi connectivity index (χ2n) is 5.27. The average molecular weight is 266 g/mol. The van der Waals surface area contributed by atoms with Gasteiger partial charge in [0, 0.05) is 5.56 Å². The summed E-state index contributed by atoms with van der Waals surface area (Å²) in [5.74, 6) is 0.773. The average Bonchev–Trinajstić information content (AvgIpc) is 2.36. The van der Waals surface area contributed by atoms with E-state index in [4.69, 9.17) is 14.6 Å². The molecule has 1 N–H and O–H groups in total. The first-order valence-electron chi connectivity index (χ1n) is 6.27. The van der Waals surface area contributed by atoms with Crippen molar-refractivity contribution >= 4 is 5.97 Å². The molecule has 0 atom stereocenters. The molecule has 0 unspecified atom stereocenters. The minimum absolute atomic E-state index is 0.560. The van der Waals surface area contributed by atoms with E-state index in [9.17, 15) is 4.79 Å². The lowest BCUT2D eigenvalue weighted by Gasteiger charge is -2.20. The Labute approximate surface area is 114 Å². The van der Waals surface area contributed by atoms with Gasteiger partial charge in [-0.3, -0.25) is 4.79 Å². The van der Waals surface area contributed by atoms with E-state index in [1.54, 1.807) is 28.1 Å². The lowest BCUT2D eigenvalue weighted by atomic mass is 9.86. The molecule has 106 valence electrons. The zero-order valence-corrected chi connectivity index (χ0v) is 12.2. The molecule has 4 nitrogen and oxygen atoms in total. The molecular weight excluding hydrogens is 244 g/mol. The molecule has 0 amide bonds. The number of methoxy groups -OCH3 is 2. The van der Waals surface area contributed by atoms with Gasteiger partial charge in [-0.1, -0.05) is 6.07 Å². The molecule has 0 saturated heterocycles. The summed E-state index contributed by atoms with van der Waals surface area (Å²) in [7, 11) is 3.24. The van der Waals surface area contributed by atoms with Crippen LogP contribution < -0.4 is 9.47 Å². The van der Waals surface area contributed by atoms with Gasteiger partial charge in [0.1, 0.15) is 11.5 Å². The first-order chi connectivity index (χ1) is 8.83. The van der Waals surface area contributed by atoms with Crippen molar-refractivity contribution in [2.75, 3.05) is 14.2 Å². The van der Waals surface area contributed by atoms with Crippen LogP contribution in [0, 0.1) is 12.3 Å². The van der Waals surface area contributed by atoms with Crippen molar-refractivity contribution in [2.45, 2.75) is 33.6 Å². The number of benzene rings is 1. The van der Waals surface area contributed by atoms with Crippen molar-refractivity contribution in [2.24, 2.45) is 5.41 Å². The molecule has 0 aromatic heterocycles. The highest BCUT2D eigenvalue weighted by atomic mass is 16.5. The normalized spacial score (nSPS) is 11.2. The molecule has 4 heteroatoms. The minimum atomic E-state index is -0.781. The minimum Gasteiger partial charge on any atom is -0.496 e. The molecule has 0 bridgehead atoms. The first kappa shape index (κ1) is 15.3. The molecule has 19 heavy (non-hydrogen) atoms. The van der Waals surface area contributed by atoms with E-state index in [1.807, 2.05) is 19.1 Å². The summed E-state index contributed by atoms with van der Waals surface area (Å²) in [6.45, 7) is 5.40. The second kappa shape index (κ2) is 5.95. The fraction of sp³-hybridized carbons (Fsp3) is 0.533. The van der Waals surface area contributed by atoms with Crippen molar-refractivity contribution in [3.8, 4) is 11.5 Å². The maximum Gasteiger partial charge on any atom is 0.309 e. The Morgan fingerprint density at radius 2 is 1.89 bits per heavy atom. The molecule has 0 spiro atoms. The number of hydrogen-bond donors (Lipinski definition) is 1. The SMILES string of the molecule is COc1ccc(CCC(C)(C)C(=O)O)c(OC)c1C. The number of rotatable bonds is 6. The Bertz CT molecular complexity index is 463. The summed E-state index contributed by atoms with van der Waals surface area (Å²) in [5, 5.41) is 9.13. The number of ether oxygens (including phenoxy) is 2. The van der Waals surface area contributed by atoms with E-state index in [1.165, 1.54) is 0 Å². The summed E-state index contributed by atoms with van der Waals surface area (Å²) in [4.78, 5) is 11.1. The molecule has 0 aliphatic heterocycles. The zero-order valence-electron chi connectivity index (χ0n) is 12.2. The van der Waals surface area contributed by atoms with Crippen LogP contribution in [0.5, 0.6) is 11.5 Å². The predicted octanol–water partition coefficient (Wildman–Crippen LogP) is 3.06. The Morgan fingerprint density at radius 3 is 2.37 bits per heavy atom. The Morgan fingerprint density at radius 1 is 1.26 bits per heavy atom. The van der Waals surface area contributed by atoms with E-state index in [0.29, 0.717) is 12.8 Å². The van der Waals surface area contributed by atoms with Crippen molar-refractivity contribution in [1.82, 2.24) is 0 Å². The number of carbonyl (C=O) groups is 1. The Hall–Kier alpha value is -1.71. The third-order valence-corrected chi connectivity index (χ3v) is 3.46. The number of hydrogen-bond acceptors (Lipinski definition) is 3. The molecule has 0 radical (unpaired) electrons. The van der Waals surface area contributed by atoms with Crippen LogP contribution in [0.4, 0.5) is 0 Å². The fourth-order valence-corrected chi connectivity index (χ4v) is 1.99. The fourth-order valence-electron chi connectivity index (χ4n) is 1.99. The number of carboxylic acids is 1. The van der Waals surface area contributed by atoms with Crippen molar-refractivity contribution < 1.29 is 19.4 Å². The van der Waals surface area contributed by atoms with E-state index < -0.39 is 11.4 Å². The van der Waals surface area contributed by atoms with E-state index >= 15 is 0 Å². The Balaban J connectivity index is 2.96. The predicted molar refractivity (Wildman–Crippen MR) is 74.0 cm³/mol. The monoisotopic (exact) mass is 266 g/mol. The van der Waals surface area contributed by atoms with Gasteiger partial charge in [0.25, 0.3) is 0 Å². The molecule has 0 heterocycles. The summed E-state index contributed by atoms with van der Waals surface area (Å²) in [6.07, 6.45) is 1.22. The van der Waals surface area contributed by atoms with Crippen LogP contribution >= 0.6 is 0 Å². The molecule has 0 saturated carbocycles. The highest BCUT2D eigenvalue weighted by Crippen LogP contribution is 2.33. The second-order valence-corrected chi connectivity index (χ2v) is 5.27. The van der Waals surface area contributed by atoms with Gasteiger partial charge in [-0.05, 0) is 45.2 Å². The van der Waals surface area contributed by atoms with Gasteiger partial charge in [0.2, 0.25) is 0 Å². The van der Waals surface area contributed by atoms with Crippen LogP contribution in [0.2, 0.25) is 0 Å². The summed E-state index contributed by atoms with van der Waals surface area (Å²) in [5.41, 5.74) is 1.21. The van der Waals surface area contributed by atoms with Crippen molar-refractivity contribution in [1.29, 1.82) is 0 Å². The van der Waals surface area contributed by atoms with Gasteiger partial charge in [-0.15, -0.1) is 0 Å². The zero-order chi connectivity index (χ0) is 14.6. The number of carboxylic acid groups (broad SMARTS) is 1. The van der Waals surface area contributed by atoms with Crippen LogP contribution in [0.3, 0.4) is 0 Å². The molecule has 0 aliphatic carbocycles. The van der Waals surface area contributed by atoms with Gasteiger partial charge < -0.3 is 14.6 Å². The van der Waals surface area contributed by atoms with Gasteiger partial charge in [0.05, 0.1) is 19.6 Å². The molecule has 1 aromatic rings. The third kappa shape index (κ3) is 3.40. The van der Waals surface area contributed by atoms with Crippen molar-refractivity contribution in [3.05, 3.63) is 23.3 Å². The van der Waals surface area contributed by atoms with E-state index in [-0.39, 0.29) is 0 Å². The lowest BCUT2D eigenvalue weighted by molar-refractivity contribution is -0.147. The van der Waals surface area contributed by atoms with Gasteiger partial charge >= 0.3 is 5.97 Å². The standard InChI is InChI=1S/C15H22O4/c1-10-12(18-4)7-6-11(13(10)19-5)8-9-15(2,3)14(16)17/h6-7H,8-9H2,1-5H3,(H,16,17). The molecule has 1 rings (SSSR count). The number of aryl methyl sites for hydroxylation is 1. The van der Waals surface area contributed by atoms with Gasteiger partial charge in [-0.2, -0.15) is 0 Å². The van der Waals surface area contributed by atoms with Gasteiger partial charge in [0.15, 0.2) is 0 Å². The largest absolute Gasteiger partial charge is 0.496 e. The summed E-state index contributed by atoms with van der Waals surface area (Å²) >= 11 is 0.